The zero-order valence-corrected chi connectivity index (χ0v) is 15.8. The summed E-state index contributed by atoms with van der Waals surface area (Å²) >= 11 is 0. The van der Waals surface area contributed by atoms with Crippen LogP contribution in [0.2, 0.25) is 0 Å². The van der Waals surface area contributed by atoms with Crippen LogP contribution >= 0.6 is 0 Å². The van der Waals surface area contributed by atoms with Crippen LogP contribution in [0.3, 0.4) is 0 Å². The summed E-state index contributed by atoms with van der Waals surface area (Å²) < 4.78 is 13.4. The maximum atomic E-state index is 13.4. The van der Waals surface area contributed by atoms with Crippen molar-refractivity contribution in [2.75, 3.05) is 27.2 Å². The van der Waals surface area contributed by atoms with Crippen molar-refractivity contribution in [2.45, 2.75) is 39.2 Å². The third kappa shape index (κ3) is 4.86. The summed E-state index contributed by atoms with van der Waals surface area (Å²) in [5.41, 5.74) is 0.280. The Kier molecular flexibility index (Phi) is 6.83. The van der Waals surface area contributed by atoms with E-state index in [0.717, 1.165) is 25.7 Å². The summed E-state index contributed by atoms with van der Waals surface area (Å²) in [6.07, 6.45) is 3.86. The zero-order valence-electron chi connectivity index (χ0n) is 15.8. The van der Waals surface area contributed by atoms with Crippen LogP contribution in [0, 0.1) is 11.2 Å². The van der Waals surface area contributed by atoms with Gasteiger partial charge in [0, 0.05) is 27.2 Å². The molecular weight excluding hydrogens is 335 g/mol. The van der Waals surface area contributed by atoms with E-state index in [-0.39, 0.29) is 23.6 Å². The van der Waals surface area contributed by atoms with Crippen molar-refractivity contribution in [1.29, 1.82) is 0 Å². The Morgan fingerprint density at radius 1 is 1.31 bits per heavy atom. The average molecular weight is 364 g/mol. The Bertz CT molecular complexity index is 655. The van der Waals surface area contributed by atoms with Crippen molar-refractivity contribution in [3.63, 3.8) is 0 Å². The van der Waals surface area contributed by atoms with Gasteiger partial charge in [-0.3, -0.25) is 4.79 Å². The van der Waals surface area contributed by atoms with Crippen LogP contribution in [-0.4, -0.2) is 49.1 Å². The molecule has 0 radical (unpaired) electrons. The molecule has 1 amide bonds. The van der Waals surface area contributed by atoms with Crippen LogP contribution in [0.15, 0.2) is 23.2 Å². The van der Waals surface area contributed by atoms with E-state index in [2.05, 4.69) is 15.6 Å². The molecule has 0 bridgehead atoms. The molecular formula is C19H29FN4O2. The lowest BCUT2D eigenvalue weighted by atomic mass is 9.84. The van der Waals surface area contributed by atoms with Gasteiger partial charge in [0.15, 0.2) is 17.5 Å². The van der Waals surface area contributed by atoms with E-state index in [0.29, 0.717) is 24.6 Å². The number of guanidine groups is 1. The van der Waals surface area contributed by atoms with Gasteiger partial charge < -0.3 is 20.6 Å². The quantitative estimate of drug-likeness (QED) is 0.534. The van der Waals surface area contributed by atoms with Gasteiger partial charge in [0.2, 0.25) is 5.91 Å². The molecule has 0 aromatic heterocycles. The number of amides is 1. The lowest BCUT2D eigenvalue weighted by molar-refractivity contribution is -0.138. The maximum Gasteiger partial charge on any atom is 0.230 e. The summed E-state index contributed by atoms with van der Waals surface area (Å²) in [5.74, 6) is -0.275. The van der Waals surface area contributed by atoms with Gasteiger partial charge >= 0.3 is 0 Å². The lowest BCUT2D eigenvalue weighted by Gasteiger charge is -2.31. The number of benzene rings is 1. The molecule has 1 fully saturated rings. The van der Waals surface area contributed by atoms with Crippen molar-refractivity contribution in [1.82, 2.24) is 15.5 Å². The molecule has 1 aliphatic carbocycles. The minimum atomic E-state index is -0.655. The van der Waals surface area contributed by atoms with Crippen molar-refractivity contribution in [2.24, 2.45) is 10.4 Å². The molecule has 1 aromatic rings. The first-order chi connectivity index (χ1) is 12.4. The number of aromatic hydroxyl groups is 1. The predicted molar refractivity (Wildman–Crippen MR) is 100 cm³/mol. The average Bonchev–Trinajstić information content (AvgIpc) is 3.09. The zero-order chi connectivity index (χ0) is 19.2. The summed E-state index contributed by atoms with van der Waals surface area (Å²) in [5, 5.41) is 15.7. The van der Waals surface area contributed by atoms with Gasteiger partial charge in [-0.05, 0) is 37.5 Å². The lowest BCUT2D eigenvalue weighted by Crippen LogP contribution is -2.49. The Morgan fingerprint density at radius 3 is 2.58 bits per heavy atom. The SMILES string of the molecule is CCNC(=NCc1ccc(O)c(F)c1)NCC1(C(=O)N(C)C)CCCC1. The number of rotatable bonds is 6. The number of hydrogen-bond donors (Lipinski definition) is 3. The van der Waals surface area contributed by atoms with Crippen molar-refractivity contribution in [3.8, 4) is 5.75 Å². The first-order valence-corrected chi connectivity index (χ1v) is 9.09. The van der Waals surface area contributed by atoms with E-state index in [1.165, 1.54) is 12.1 Å². The van der Waals surface area contributed by atoms with E-state index >= 15 is 0 Å². The smallest absolute Gasteiger partial charge is 0.230 e. The van der Waals surface area contributed by atoms with Gasteiger partial charge in [-0.2, -0.15) is 0 Å². The second-order valence-corrected chi connectivity index (χ2v) is 7.02. The molecule has 26 heavy (non-hydrogen) atoms. The van der Waals surface area contributed by atoms with Crippen LogP contribution in [0.4, 0.5) is 4.39 Å². The van der Waals surface area contributed by atoms with Crippen LogP contribution < -0.4 is 10.6 Å². The molecule has 1 aliphatic rings. The largest absolute Gasteiger partial charge is 0.505 e. The molecule has 144 valence electrons. The first-order valence-electron chi connectivity index (χ1n) is 9.09. The van der Waals surface area contributed by atoms with Crippen LogP contribution in [-0.2, 0) is 11.3 Å². The first kappa shape index (κ1) is 20.0. The fraction of sp³-hybridized carbons (Fsp3) is 0.579. The molecule has 0 spiro atoms. The number of aliphatic imine (C=N–C) groups is 1. The Labute approximate surface area is 154 Å². The van der Waals surface area contributed by atoms with Gasteiger partial charge in [0.25, 0.3) is 0 Å². The van der Waals surface area contributed by atoms with Gasteiger partial charge in [-0.1, -0.05) is 18.9 Å². The van der Waals surface area contributed by atoms with E-state index in [1.54, 1.807) is 25.1 Å². The topological polar surface area (TPSA) is 77.0 Å². The van der Waals surface area contributed by atoms with Crippen LogP contribution in [0.5, 0.6) is 5.75 Å². The van der Waals surface area contributed by atoms with Crippen molar-refractivity contribution in [3.05, 3.63) is 29.6 Å². The van der Waals surface area contributed by atoms with E-state index in [4.69, 9.17) is 0 Å². The van der Waals surface area contributed by atoms with Gasteiger partial charge in [-0.25, -0.2) is 9.38 Å². The second-order valence-electron chi connectivity index (χ2n) is 7.02. The Hall–Kier alpha value is -2.31. The van der Waals surface area contributed by atoms with Crippen molar-refractivity contribution < 1.29 is 14.3 Å². The van der Waals surface area contributed by atoms with Gasteiger partial charge in [0.1, 0.15) is 0 Å². The number of phenolic OH excluding ortho intramolecular Hbond substituents is 1. The van der Waals surface area contributed by atoms with E-state index in [9.17, 15) is 14.3 Å². The summed E-state index contributed by atoms with van der Waals surface area (Å²) in [4.78, 5) is 18.8. The molecule has 1 saturated carbocycles. The molecule has 0 saturated heterocycles. The number of hydrogen-bond acceptors (Lipinski definition) is 3. The van der Waals surface area contributed by atoms with E-state index < -0.39 is 5.82 Å². The molecule has 0 heterocycles. The number of nitrogens with zero attached hydrogens (tertiary/aromatic N) is 2. The molecule has 6 nitrogen and oxygen atoms in total. The predicted octanol–water partition coefficient (Wildman–Crippen LogP) is 2.23. The highest BCUT2D eigenvalue weighted by atomic mass is 19.1. The highest BCUT2D eigenvalue weighted by molar-refractivity contribution is 5.85. The molecule has 2 rings (SSSR count). The normalized spacial score (nSPS) is 16.4. The molecule has 0 unspecified atom stereocenters. The third-order valence-corrected chi connectivity index (χ3v) is 4.79. The fourth-order valence-electron chi connectivity index (χ4n) is 3.41. The Morgan fingerprint density at radius 2 is 2.00 bits per heavy atom. The second kappa shape index (κ2) is 8.87. The van der Waals surface area contributed by atoms with Gasteiger partial charge in [-0.15, -0.1) is 0 Å². The number of carbonyl (C=O) groups excluding carboxylic acids is 1. The highest BCUT2D eigenvalue weighted by Crippen LogP contribution is 2.38. The highest BCUT2D eigenvalue weighted by Gasteiger charge is 2.42. The van der Waals surface area contributed by atoms with Gasteiger partial charge in [0.05, 0.1) is 12.0 Å². The molecule has 1 aromatic carbocycles. The number of halogens is 1. The summed E-state index contributed by atoms with van der Waals surface area (Å²) in [7, 11) is 3.59. The van der Waals surface area contributed by atoms with Crippen LogP contribution in [0.1, 0.15) is 38.2 Å². The van der Waals surface area contributed by atoms with Crippen LogP contribution in [0.25, 0.3) is 0 Å². The summed E-state index contributed by atoms with van der Waals surface area (Å²) in [6.45, 7) is 3.46. The standard InChI is InChI=1S/C19H29FN4O2/c1-4-21-18(22-12-14-7-8-16(25)15(20)11-14)23-13-19(9-5-6-10-19)17(26)24(2)3/h7-8,11,25H,4-6,9-10,12-13H2,1-3H3,(H2,21,22,23). The number of phenols is 1. The minimum Gasteiger partial charge on any atom is -0.505 e. The minimum absolute atomic E-state index is 0.152. The van der Waals surface area contributed by atoms with E-state index in [1.807, 2.05) is 6.92 Å². The molecule has 3 N–H and O–H groups in total. The monoisotopic (exact) mass is 364 g/mol. The van der Waals surface area contributed by atoms with Crippen molar-refractivity contribution >= 4 is 11.9 Å². The number of carbonyl (C=O) groups is 1. The molecule has 7 heteroatoms. The Balaban J connectivity index is 2.06. The molecule has 0 atom stereocenters. The third-order valence-electron chi connectivity index (χ3n) is 4.79. The fourth-order valence-corrected chi connectivity index (χ4v) is 3.41. The maximum absolute atomic E-state index is 13.4. The summed E-state index contributed by atoms with van der Waals surface area (Å²) in [6, 6.07) is 4.24. The molecule has 0 aliphatic heterocycles. The number of nitrogens with one attached hydrogen (secondary N) is 2.